The van der Waals surface area contributed by atoms with Gasteiger partial charge in [0.1, 0.15) is 5.51 Å². The summed E-state index contributed by atoms with van der Waals surface area (Å²) >= 11 is 1.36. The van der Waals surface area contributed by atoms with Gasteiger partial charge in [-0.25, -0.2) is 5.84 Å². The van der Waals surface area contributed by atoms with Gasteiger partial charge in [-0.2, -0.15) is 0 Å². The second-order valence-electron chi connectivity index (χ2n) is 0.888. The van der Waals surface area contributed by atoms with Crippen LogP contribution in [-0.4, -0.2) is 10.2 Å². The monoisotopic (exact) mass is 152 g/mol. The lowest BCUT2D eigenvalue weighted by Gasteiger charge is -1.82. The van der Waals surface area contributed by atoms with Gasteiger partial charge in [-0.1, -0.05) is 11.3 Å². The molecule has 8 heavy (non-hydrogen) atoms. The van der Waals surface area contributed by atoms with Crippen LogP contribution in [0.25, 0.3) is 0 Å². The molecular formula is C2H5ClN4S. The Morgan fingerprint density at radius 1 is 1.75 bits per heavy atom. The Morgan fingerprint density at radius 2 is 2.50 bits per heavy atom. The maximum atomic E-state index is 4.95. The number of rotatable bonds is 1. The van der Waals surface area contributed by atoms with E-state index >= 15 is 0 Å². The largest absolute Gasteiger partial charge is 0.298 e. The molecule has 0 bridgehead atoms. The topological polar surface area (TPSA) is 63.8 Å². The van der Waals surface area contributed by atoms with Crippen molar-refractivity contribution in [3.05, 3.63) is 5.51 Å². The molecule has 0 aliphatic heterocycles. The fraction of sp³-hybridized carbons (Fsp3) is 0. The molecule has 0 saturated heterocycles. The van der Waals surface area contributed by atoms with Gasteiger partial charge in [0.2, 0.25) is 5.13 Å². The summed E-state index contributed by atoms with van der Waals surface area (Å²) in [5, 5.41) is 7.73. The van der Waals surface area contributed by atoms with Crippen LogP contribution >= 0.6 is 23.7 Å². The molecule has 4 nitrogen and oxygen atoms in total. The smallest absolute Gasteiger partial charge is 0.219 e. The van der Waals surface area contributed by atoms with Crippen LogP contribution in [0.15, 0.2) is 5.51 Å². The minimum atomic E-state index is 0. The van der Waals surface area contributed by atoms with E-state index in [2.05, 4.69) is 15.6 Å². The average Bonchev–Trinajstić information content (AvgIpc) is 2.14. The first-order valence-electron chi connectivity index (χ1n) is 1.66. The summed E-state index contributed by atoms with van der Waals surface area (Å²) in [5.74, 6) is 4.95. The third-order valence-corrected chi connectivity index (χ3v) is 1.11. The SMILES string of the molecule is Cl.NNc1nncs1. The highest BCUT2D eigenvalue weighted by molar-refractivity contribution is 7.13. The molecule has 3 N–H and O–H groups in total. The van der Waals surface area contributed by atoms with Crippen LogP contribution in [0.1, 0.15) is 0 Å². The highest BCUT2D eigenvalue weighted by Crippen LogP contribution is 2.03. The minimum Gasteiger partial charge on any atom is -0.298 e. The van der Waals surface area contributed by atoms with E-state index in [9.17, 15) is 0 Å². The predicted molar refractivity (Wildman–Crippen MR) is 35.0 cm³/mol. The van der Waals surface area contributed by atoms with Crippen molar-refractivity contribution < 1.29 is 0 Å². The first kappa shape index (κ1) is 7.61. The number of halogens is 1. The van der Waals surface area contributed by atoms with Gasteiger partial charge in [-0.15, -0.1) is 22.6 Å². The number of nitrogens with two attached hydrogens (primary N) is 1. The van der Waals surface area contributed by atoms with Gasteiger partial charge < -0.3 is 0 Å². The molecule has 0 amide bonds. The number of hydrazine groups is 1. The maximum absolute atomic E-state index is 4.95. The lowest BCUT2D eigenvalue weighted by atomic mass is 11.3. The Balaban J connectivity index is 0.000000490. The lowest BCUT2D eigenvalue weighted by Crippen LogP contribution is -2.05. The fourth-order valence-electron chi connectivity index (χ4n) is 0.236. The molecule has 0 saturated carbocycles. The molecule has 46 valence electrons. The number of nitrogens with zero attached hydrogens (tertiary/aromatic N) is 2. The van der Waals surface area contributed by atoms with E-state index in [-0.39, 0.29) is 12.4 Å². The first-order valence-corrected chi connectivity index (χ1v) is 2.54. The van der Waals surface area contributed by atoms with E-state index in [1.165, 1.54) is 11.3 Å². The molecular weight excluding hydrogens is 148 g/mol. The van der Waals surface area contributed by atoms with Gasteiger partial charge in [-0.05, 0) is 0 Å². The zero-order chi connectivity index (χ0) is 5.11. The molecule has 1 aromatic heterocycles. The minimum absolute atomic E-state index is 0. The summed E-state index contributed by atoms with van der Waals surface area (Å²) in [5.41, 5.74) is 3.96. The molecule has 1 rings (SSSR count). The van der Waals surface area contributed by atoms with Crippen LogP contribution in [-0.2, 0) is 0 Å². The van der Waals surface area contributed by atoms with Crippen LogP contribution < -0.4 is 11.3 Å². The molecule has 0 aliphatic rings. The summed E-state index contributed by atoms with van der Waals surface area (Å²) < 4.78 is 0. The van der Waals surface area contributed by atoms with E-state index in [0.717, 1.165) is 0 Å². The van der Waals surface area contributed by atoms with Crippen LogP contribution in [0, 0.1) is 0 Å². The summed E-state index contributed by atoms with van der Waals surface area (Å²) in [6.45, 7) is 0. The van der Waals surface area contributed by atoms with Crippen molar-refractivity contribution >= 4 is 28.9 Å². The molecule has 0 unspecified atom stereocenters. The Kier molecular flexibility index (Phi) is 3.42. The van der Waals surface area contributed by atoms with Crippen molar-refractivity contribution in [2.45, 2.75) is 0 Å². The number of anilines is 1. The highest BCUT2D eigenvalue weighted by Gasteiger charge is 1.85. The fourth-order valence-corrected chi connectivity index (χ4v) is 0.592. The third kappa shape index (κ3) is 1.61. The van der Waals surface area contributed by atoms with Crippen LogP contribution in [0.2, 0.25) is 0 Å². The number of nitrogen functional groups attached to an aromatic ring is 1. The Labute approximate surface area is 56.5 Å². The summed E-state index contributed by atoms with van der Waals surface area (Å²) in [6.07, 6.45) is 0. The third-order valence-electron chi connectivity index (χ3n) is 0.484. The Morgan fingerprint density at radius 3 is 2.75 bits per heavy atom. The predicted octanol–water partition coefficient (Wildman–Crippen LogP) is 0.245. The quantitative estimate of drug-likeness (QED) is 0.447. The highest BCUT2D eigenvalue weighted by atomic mass is 35.5. The molecule has 0 aliphatic carbocycles. The summed E-state index contributed by atoms with van der Waals surface area (Å²) in [6, 6.07) is 0. The van der Waals surface area contributed by atoms with Gasteiger partial charge in [0.05, 0.1) is 0 Å². The van der Waals surface area contributed by atoms with Gasteiger partial charge >= 0.3 is 0 Å². The normalized spacial score (nSPS) is 7.62. The molecule has 1 heterocycles. The van der Waals surface area contributed by atoms with E-state index in [1.54, 1.807) is 5.51 Å². The van der Waals surface area contributed by atoms with Crippen molar-refractivity contribution in [1.82, 2.24) is 10.2 Å². The van der Waals surface area contributed by atoms with Crippen molar-refractivity contribution in [3.63, 3.8) is 0 Å². The molecule has 0 atom stereocenters. The van der Waals surface area contributed by atoms with E-state index in [1.807, 2.05) is 0 Å². The molecule has 0 spiro atoms. The van der Waals surface area contributed by atoms with Crippen LogP contribution in [0.4, 0.5) is 5.13 Å². The Hall–Kier alpha value is -0.390. The van der Waals surface area contributed by atoms with E-state index in [4.69, 9.17) is 5.84 Å². The van der Waals surface area contributed by atoms with Gasteiger partial charge in [0.15, 0.2) is 0 Å². The second-order valence-corrected chi connectivity index (χ2v) is 1.72. The van der Waals surface area contributed by atoms with Gasteiger partial charge in [0, 0.05) is 0 Å². The van der Waals surface area contributed by atoms with E-state index < -0.39 is 0 Å². The molecule has 0 radical (unpaired) electrons. The van der Waals surface area contributed by atoms with Gasteiger partial charge in [0.25, 0.3) is 0 Å². The zero-order valence-electron chi connectivity index (χ0n) is 3.87. The molecule has 0 aromatic carbocycles. The van der Waals surface area contributed by atoms with Crippen LogP contribution in [0.3, 0.4) is 0 Å². The van der Waals surface area contributed by atoms with Crippen molar-refractivity contribution in [2.75, 3.05) is 5.43 Å². The molecule has 0 fully saturated rings. The Bertz CT molecular complexity index is 129. The number of hydrogen-bond donors (Lipinski definition) is 2. The average molecular weight is 153 g/mol. The van der Waals surface area contributed by atoms with Gasteiger partial charge in [-0.3, -0.25) is 5.43 Å². The lowest BCUT2D eigenvalue weighted by molar-refractivity contribution is 1.08. The first-order chi connectivity index (χ1) is 3.43. The zero-order valence-corrected chi connectivity index (χ0v) is 5.50. The molecule has 6 heteroatoms. The summed E-state index contributed by atoms with van der Waals surface area (Å²) in [7, 11) is 0. The standard InChI is InChI=1S/C2H4N4S.ClH/c3-5-2-6-4-1-7-2;/h1H,3H2,(H,5,6);1H. The second kappa shape index (κ2) is 3.59. The summed E-state index contributed by atoms with van der Waals surface area (Å²) in [4.78, 5) is 0. The van der Waals surface area contributed by atoms with Crippen molar-refractivity contribution in [2.24, 2.45) is 5.84 Å². The maximum Gasteiger partial charge on any atom is 0.219 e. The van der Waals surface area contributed by atoms with Crippen LogP contribution in [0.5, 0.6) is 0 Å². The number of nitrogens with one attached hydrogen (secondary N) is 1. The van der Waals surface area contributed by atoms with Crippen molar-refractivity contribution in [1.29, 1.82) is 0 Å². The van der Waals surface area contributed by atoms with E-state index in [0.29, 0.717) is 5.13 Å². The van der Waals surface area contributed by atoms with Crippen molar-refractivity contribution in [3.8, 4) is 0 Å². The number of hydrogen-bond acceptors (Lipinski definition) is 5. The molecule has 1 aromatic rings. The number of aromatic nitrogens is 2.